The molecule has 2 fully saturated rings. The zero-order valence-electron chi connectivity index (χ0n) is 14.6. The minimum absolute atomic E-state index is 0.424. The third-order valence-electron chi connectivity index (χ3n) is 5.42. The summed E-state index contributed by atoms with van der Waals surface area (Å²) in [4.78, 5) is 6.85. The summed E-state index contributed by atoms with van der Waals surface area (Å²) in [7, 11) is 2.05. The van der Waals surface area contributed by atoms with Crippen LogP contribution in [0.3, 0.4) is 0 Å². The number of pyridine rings is 1. The number of hydrogen-bond acceptors (Lipinski definition) is 5. The molecule has 130 valence electrons. The van der Waals surface area contributed by atoms with Crippen LogP contribution in [0.2, 0.25) is 0 Å². The molecule has 3 heterocycles. The Kier molecular flexibility index (Phi) is 4.41. The second-order valence-corrected chi connectivity index (χ2v) is 7.12. The zero-order valence-corrected chi connectivity index (χ0v) is 14.6. The lowest BCUT2D eigenvalue weighted by atomic mass is 9.86. The number of anilines is 1. The fourth-order valence-corrected chi connectivity index (χ4v) is 4.03. The van der Waals surface area contributed by atoms with Gasteiger partial charge >= 0.3 is 0 Å². The summed E-state index contributed by atoms with van der Waals surface area (Å²) in [5.41, 5.74) is 2.75. The van der Waals surface area contributed by atoms with Crippen molar-refractivity contribution in [3.63, 3.8) is 0 Å². The van der Waals surface area contributed by atoms with Crippen molar-refractivity contribution in [2.75, 3.05) is 18.4 Å². The number of hydrogen-bond donors (Lipinski definition) is 1. The van der Waals surface area contributed by atoms with E-state index in [9.17, 15) is 0 Å². The van der Waals surface area contributed by atoms with Crippen LogP contribution in [0.5, 0.6) is 0 Å². The van der Waals surface area contributed by atoms with Crippen molar-refractivity contribution in [3.8, 4) is 6.07 Å². The number of nitrogens with one attached hydrogen (secondary N) is 1. The van der Waals surface area contributed by atoms with Crippen LogP contribution in [-0.4, -0.2) is 38.8 Å². The smallest absolute Gasteiger partial charge is 0.140 e. The fourth-order valence-electron chi connectivity index (χ4n) is 4.03. The lowest BCUT2D eigenvalue weighted by molar-refractivity contribution is 0.0841. The molecule has 6 heteroatoms. The second kappa shape index (κ2) is 6.85. The summed E-state index contributed by atoms with van der Waals surface area (Å²) >= 11 is 0. The molecule has 0 spiro atoms. The van der Waals surface area contributed by atoms with Crippen LogP contribution in [0.1, 0.15) is 43.1 Å². The molecule has 0 amide bonds. The average molecular weight is 336 g/mol. The summed E-state index contributed by atoms with van der Waals surface area (Å²) in [6.07, 6.45) is 8.78. The molecule has 2 atom stereocenters. The first kappa shape index (κ1) is 16.1. The maximum atomic E-state index is 8.87. The monoisotopic (exact) mass is 336 g/mol. The molecule has 2 aliphatic rings. The normalized spacial score (nSPS) is 24.0. The Labute approximate surface area is 148 Å². The molecular formula is C19H24N6. The minimum Gasteiger partial charge on any atom is -0.383 e. The molecule has 0 bridgehead atoms. The fraction of sp³-hybridized carbons (Fsp3) is 0.526. The minimum atomic E-state index is 0.424. The lowest BCUT2D eigenvalue weighted by Gasteiger charge is -2.42. The molecule has 1 saturated carbocycles. The van der Waals surface area contributed by atoms with Crippen LogP contribution in [0.25, 0.3) is 0 Å². The van der Waals surface area contributed by atoms with E-state index in [1.807, 2.05) is 24.0 Å². The van der Waals surface area contributed by atoms with E-state index in [4.69, 9.17) is 5.26 Å². The Balaban J connectivity index is 1.51. The number of likely N-dealkylation sites (tertiary alicyclic amines) is 1. The van der Waals surface area contributed by atoms with Gasteiger partial charge in [-0.15, -0.1) is 0 Å². The van der Waals surface area contributed by atoms with Crippen molar-refractivity contribution in [3.05, 3.63) is 42.0 Å². The summed E-state index contributed by atoms with van der Waals surface area (Å²) in [5, 5.41) is 16.8. The predicted molar refractivity (Wildman–Crippen MR) is 95.8 cm³/mol. The van der Waals surface area contributed by atoms with Crippen LogP contribution < -0.4 is 5.32 Å². The summed E-state index contributed by atoms with van der Waals surface area (Å²) in [6.45, 7) is 2.10. The van der Waals surface area contributed by atoms with Gasteiger partial charge in [0.05, 0.1) is 23.6 Å². The van der Waals surface area contributed by atoms with Gasteiger partial charge in [0, 0.05) is 25.8 Å². The van der Waals surface area contributed by atoms with Gasteiger partial charge in [-0.3, -0.25) is 9.58 Å². The van der Waals surface area contributed by atoms with E-state index in [0.29, 0.717) is 17.7 Å². The number of piperidine rings is 1. The molecule has 1 aliphatic heterocycles. The van der Waals surface area contributed by atoms with E-state index in [-0.39, 0.29) is 0 Å². The van der Waals surface area contributed by atoms with Crippen LogP contribution in [0.15, 0.2) is 30.6 Å². The zero-order chi connectivity index (χ0) is 17.2. The topological polar surface area (TPSA) is 69.8 Å². The summed E-state index contributed by atoms with van der Waals surface area (Å²) < 4.78 is 2.03. The second-order valence-electron chi connectivity index (χ2n) is 7.12. The van der Waals surface area contributed by atoms with Crippen molar-refractivity contribution in [1.29, 1.82) is 5.26 Å². The van der Waals surface area contributed by atoms with Gasteiger partial charge in [-0.1, -0.05) is 0 Å². The molecule has 2 aromatic heterocycles. The Hall–Kier alpha value is -2.39. The highest BCUT2D eigenvalue weighted by molar-refractivity contribution is 5.42. The molecule has 6 nitrogen and oxygen atoms in total. The summed E-state index contributed by atoms with van der Waals surface area (Å²) in [6, 6.07) is 9.10. The van der Waals surface area contributed by atoms with Gasteiger partial charge in [-0.25, -0.2) is 4.98 Å². The Bertz CT molecular complexity index is 755. The van der Waals surface area contributed by atoms with Crippen LogP contribution in [-0.2, 0) is 7.05 Å². The molecule has 1 N–H and O–H groups in total. The van der Waals surface area contributed by atoms with Crippen molar-refractivity contribution in [2.45, 2.75) is 37.8 Å². The number of aromatic nitrogens is 3. The first-order valence-corrected chi connectivity index (χ1v) is 9.10. The number of aryl methyl sites for hydroxylation is 1. The number of rotatable bonds is 5. The van der Waals surface area contributed by atoms with Crippen LogP contribution in [0.4, 0.5) is 5.69 Å². The third kappa shape index (κ3) is 3.38. The van der Waals surface area contributed by atoms with E-state index >= 15 is 0 Å². The Morgan fingerprint density at radius 1 is 1.28 bits per heavy atom. The molecule has 2 aromatic rings. The first-order chi connectivity index (χ1) is 12.3. The van der Waals surface area contributed by atoms with E-state index in [1.54, 1.807) is 12.3 Å². The highest BCUT2D eigenvalue weighted by Gasteiger charge is 2.41. The van der Waals surface area contributed by atoms with Crippen molar-refractivity contribution < 1.29 is 0 Å². The van der Waals surface area contributed by atoms with Crippen molar-refractivity contribution in [1.82, 2.24) is 19.7 Å². The molecule has 0 aromatic carbocycles. The predicted octanol–water partition coefficient (Wildman–Crippen LogP) is 2.71. The molecule has 0 unspecified atom stereocenters. The third-order valence-corrected chi connectivity index (χ3v) is 5.42. The standard InChI is InChI=1S/C19H24N6/c1-24-18(8-9-23-24)19-14(3-2-10-25(19)17-6-7-17)12-21-16-5-4-15(11-20)22-13-16/h4-5,8-9,13-14,17,19,21H,2-3,6-7,10,12H2,1H3/t14-,19+/m0/s1. The highest BCUT2D eigenvalue weighted by atomic mass is 15.3. The average Bonchev–Trinajstić information content (AvgIpc) is 3.41. The molecule has 1 saturated heterocycles. The summed E-state index contributed by atoms with van der Waals surface area (Å²) in [5.74, 6) is 0.542. The van der Waals surface area contributed by atoms with Gasteiger partial charge < -0.3 is 5.32 Å². The maximum Gasteiger partial charge on any atom is 0.140 e. The van der Waals surface area contributed by atoms with Gasteiger partial charge in [-0.2, -0.15) is 10.4 Å². The van der Waals surface area contributed by atoms with E-state index in [1.165, 1.54) is 37.9 Å². The molecule has 4 rings (SSSR count). The van der Waals surface area contributed by atoms with Crippen molar-refractivity contribution in [2.24, 2.45) is 13.0 Å². The Morgan fingerprint density at radius 2 is 2.16 bits per heavy atom. The van der Waals surface area contributed by atoms with E-state index in [2.05, 4.69) is 32.4 Å². The highest BCUT2D eigenvalue weighted by Crippen LogP contribution is 2.42. The molecule has 1 aliphatic carbocycles. The van der Waals surface area contributed by atoms with E-state index < -0.39 is 0 Å². The van der Waals surface area contributed by atoms with Gasteiger partial charge in [-0.05, 0) is 56.3 Å². The molecule has 25 heavy (non-hydrogen) atoms. The lowest BCUT2D eigenvalue weighted by Crippen LogP contribution is -2.43. The number of nitriles is 1. The Morgan fingerprint density at radius 3 is 2.80 bits per heavy atom. The van der Waals surface area contributed by atoms with Crippen LogP contribution >= 0.6 is 0 Å². The molecule has 0 radical (unpaired) electrons. The SMILES string of the molecule is Cn1nccc1[C@H]1[C@H](CNc2ccc(C#N)nc2)CCCN1C1CC1. The van der Waals surface area contributed by atoms with Crippen molar-refractivity contribution >= 4 is 5.69 Å². The van der Waals surface area contributed by atoms with E-state index in [0.717, 1.165) is 18.3 Å². The van der Waals surface area contributed by atoms with Gasteiger partial charge in [0.25, 0.3) is 0 Å². The number of nitrogens with zero attached hydrogens (tertiary/aromatic N) is 5. The van der Waals surface area contributed by atoms with Gasteiger partial charge in [0.1, 0.15) is 11.8 Å². The van der Waals surface area contributed by atoms with Gasteiger partial charge in [0.2, 0.25) is 0 Å². The van der Waals surface area contributed by atoms with Gasteiger partial charge in [0.15, 0.2) is 0 Å². The molecular weight excluding hydrogens is 312 g/mol. The quantitative estimate of drug-likeness (QED) is 0.909. The van der Waals surface area contributed by atoms with Crippen LogP contribution in [0, 0.1) is 17.2 Å². The largest absolute Gasteiger partial charge is 0.383 e. The maximum absolute atomic E-state index is 8.87. The first-order valence-electron chi connectivity index (χ1n) is 9.10.